The summed E-state index contributed by atoms with van der Waals surface area (Å²) in [4.78, 5) is 13.3. The fourth-order valence-corrected chi connectivity index (χ4v) is 3.68. The van der Waals surface area contributed by atoms with Crippen molar-refractivity contribution in [2.45, 2.75) is 5.37 Å². The zero-order valence-corrected chi connectivity index (χ0v) is 11.0. The predicted molar refractivity (Wildman–Crippen MR) is 69.0 cm³/mol. The molecule has 0 saturated carbocycles. The van der Waals surface area contributed by atoms with Crippen LogP contribution in [0.2, 0.25) is 0 Å². The number of aromatic nitrogens is 2. The Labute approximate surface area is 115 Å². The molecule has 19 heavy (non-hydrogen) atoms. The van der Waals surface area contributed by atoms with Gasteiger partial charge in [-0.3, -0.25) is 9.69 Å². The molecule has 4 nitrogen and oxygen atoms in total. The molecule has 0 aliphatic carbocycles. The summed E-state index contributed by atoms with van der Waals surface area (Å²) in [5, 5.41) is 7.41. The molecule has 1 amide bonds. The quantitative estimate of drug-likeness (QED) is 0.855. The van der Waals surface area contributed by atoms with Crippen molar-refractivity contribution in [1.29, 1.82) is 0 Å². The second-order valence-electron chi connectivity index (χ2n) is 3.81. The van der Waals surface area contributed by atoms with Gasteiger partial charge in [-0.05, 0) is 6.07 Å². The number of carbonyl (C=O) groups is 1. The van der Waals surface area contributed by atoms with Gasteiger partial charge >= 0.3 is 0 Å². The lowest BCUT2D eigenvalue weighted by atomic mass is 10.2. The summed E-state index contributed by atoms with van der Waals surface area (Å²) >= 11 is 2.49. The van der Waals surface area contributed by atoms with E-state index in [1.807, 2.05) is 0 Å². The van der Waals surface area contributed by atoms with Gasteiger partial charge in [0.25, 0.3) is 0 Å². The molecule has 2 heterocycles. The molecular weight excluding hydrogens is 292 g/mol. The number of halogens is 2. The van der Waals surface area contributed by atoms with E-state index in [1.165, 1.54) is 45.6 Å². The Balaban J connectivity index is 2.01. The highest BCUT2D eigenvalue weighted by Gasteiger charge is 2.37. The average molecular weight is 299 g/mol. The molecule has 8 heteroatoms. The zero-order valence-electron chi connectivity index (χ0n) is 9.42. The lowest BCUT2D eigenvalue weighted by molar-refractivity contribution is -0.115. The van der Waals surface area contributed by atoms with E-state index in [-0.39, 0.29) is 17.2 Å². The van der Waals surface area contributed by atoms with Crippen LogP contribution in [0, 0.1) is 11.6 Å². The van der Waals surface area contributed by atoms with Gasteiger partial charge in [-0.15, -0.1) is 22.0 Å². The van der Waals surface area contributed by atoms with E-state index in [9.17, 15) is 13.6 Å². The van der Waals surface area contributed by atoms with E-state index in [4.69, 9.17) is 0 Å². The van der Waals surface area contributed by atoms with Gasteiger partial charge in [0.05, 0.1) is 5.75 Å². The average Bonchev–Trinajstić information content (AvgIpc) is 2.98. The lowest BCUT2D eigenvalue weighted by Crippen LogP contribution is -2.28. The van der Waals surface area contributed by atoms with Crippen molar-refractivity contribution in [3.8, 4) is 0 Å². The van der Waals surface area contributed by atoms with Crippen molar-refractivity contribution < 1.29 is 13.6 Å². The van der Waals surface area contributed by atoms with Crippen molar-refractivity contribution in [3.63, 3.8) is 0 Å². The largest absolute Gasteiger partial charge is 0.273 e. The molecule has 0 radical (unpaired) electrons. The second kappa shape index (κ2) is 4.86. The minimum atomic E-state index is -0.665. The Morgan fingerprint density at radius 2 is 2.21 bits per heavy atom. The molecule has 2 aromatic rings. The Bertz CT molecular complexity index is 620. The molecule has 1 atom stereocenters. The van der Waals surface area contributed by atoms with Gasteiger partial charge in [0, 0.05) is 11.6 Å². The van der Waals surface area contributed by atoms with E-state index < -0.39 is 17.0 Å². The van der Waals surface area contributed by atoms with Gasteiger partial charge in [-0.25, -0.2) is 8.78 Å². The monoisotopic (exact) mass is 299 g/mol. The van der Waals surface area contributed by atoms with Crippen LogP contribution < -0.4 is 4.90 Å². The topological polar surface area (TPSA) is 46.1 Å². The summed E-state index contributed by atoms with van der Waals surface area (Å²) in [7, 11) is 0. The maximum Gasteiger partial charge on any atom is 0.240 e. The SMILES string of the molecule is O=C1CS[C@H](c2ccc(F)cc2F)N1c1nncs1. The number of anilines is 1. The van der Waals surface area contributed by atoms with E-state index in [1.54, 1.807) is 0 Å². The van der Waals surface area contributed by atoms with Crippen LogP contribution in [0.3, 0.4) is 0 Å². The normalized spacial score (nSPS) is 19.2. The lowest BCUT2D eigenvalue weighted by Gasteiger charge is -2.21. The number of hydrogen-bond donors (Lipinski definition) is 0. The van der Waals surface area contributed by atoms with Gasteiger partial charge in [0.2, 0.25) is 11.0 Å². The number of rotatable bonds is 2. The molecule has 1 aromatic carbocycles. The predicted octanol–water partition coefficient (Wildman–Crippen LogP) is 2.59. The first kappa shape index (κ1) is 12.5. The molecule has 1 aromatic heterocycles. The summed E-state index contributed by atoms with van der Waals surface area (Å²) < 4.78 is 26.8. The van der Waals surface area contributed by atoms with Crippen molar-refractivity contribution in [2.24, 2.45) is 0 Å². The molecule has 0 N–H and O–H groups in total. The van der Waals surface area contributed by atoms with Crippen LogP contribution in [0.15, 0.2) is 23.7 Å². The van der Waals surface area contributed by atoms with E-state index in [0.29, 0.717) is 5.13 Å². The highest BCUT2D eigenvalue weighted by Crippen LogP contribution is 2.42. The van der Waals surface area contributed by atoms with Crippen LogP contribution in [0.25, 0.3) is 0 Å². The van der Waals surface area contributed by atoms with Crippen LogP contribution in [0.5, 0.6) is 0 Å². The first-order chi connectivity index (χ1) is 9.16. The zero-order chi connectivity index (χ0) is 13.4. The maximum atomic E-state index is 13.8. The molecular formula is C11H7F2N3OS2. The minimum absolute atomic E-state index is 0.157. The Kier molecular flexibility index (Phi) is 3.19. The van der Waals surface area contributed by atoms with Gasteiger partial charge < -0.3 is 0 Å². The van der Waals surface area contributed by atoms with Gasteiger partial charge in [-0.1, -0.05) is 17.4 Å². The summed E-state index contributed by atoms with van der Waals surface area (Å²) in [6, 6.07) is 3.35. The highest BCUT2D eigenvalue weighted by atomic mass is 32.2. The number of benzene rings is 1. The van der Waals surface area contributed by atoms with Crippen LogP contribution >= 0.6 is 23.1 Å². The fraction of sp³-hybridized carbons (Fsp3) is 0.182. The highest BCUT2D eigenvalue weighted by molar-refractivity contribution is 8.00. The van der Waals surface area contributed by atoms with Crippen LogP contribution in [-0.4, -0.2) is 21.9 Å². The summed E-state index contributed by atoms with van der Waals surface area (Å²) in [6.07, 6.45) is 0. The Morgan fingerprint density at radius 3 is 2.89 bits per heavy atom. The number of carbonyl (C=O) groups excluding carboxylic acids is 1. The Morgan fingerprint density at radius 1 is 1.37 bits per heavy atom. The smallest absolute Gasteiger partial charge is 0.240 e. The number of nitrogens with zero attached hydrogens (tertiary/aromatic N) is 3. The molecule has 1 saturated heterocycles. The molecule has 0 unspecified atom stereocenters. The van der Waals surface area contributed by atoms with Crippen molar-refractivity contribution in [2.75, 3.05) is 10.7 Å². The third-order valence-corrected chi connectivity index (χ3v) is 4.53. The summed E-state index contributed by atoms with van der Waals surface area (Å²) in [5.74, 6) is -1.23. The van der Waals surface area contributed by atoms with Crippen LogP contribution in [0.1, 0.15) is 10.9 Å². The van der Waals surface area contributed by atoms with Gasteiger partial charge in [0.15, 0.2) is 0 Å². The fourth-order valence-electron chi connectivity index (χ4n) is 1.83. The third kappa shape index (κ3) is 2.21. The van der Waals surface area contributed by atoms with Crippen LogP contribution in [-0.2, 0) is 4.79 Å². The number of amides is 1. The van der Waals surface area contributed by atoms with E-state index in [0.717, 1.165) is 6.07 Å². The number of hydrogen-bond acceptors (Lipinski definition) is 5. The van der Waals surface area contributed by atoms with Crippen LogP contribution in [0.4, 0.5) is 13.9 Å². The minimum Gasteiger partial charge on any atom is -0.273 e. The molecule has 1 aliphatic heterocycles. The third-order valence-electron chi connectivity index (χ3n) is 2.65. The molecule has 98 valence electrons. The molecule has 0 spiro atoms. The van der Waals surface area contributed by atoms with E-state index >= 15 is 0 Å². The van der Waals surface area contributed by atoms with Crippen molar-refractivity contribution in [1.82, 2.24) is 10.2 Å². The molecule has 0 bridgehead atoms. The molecule has 1 aliphatic rings. The van der Waals surface area contributed by atoms with Gasteiger partial charge in [0.1, 0.15) is 22.5 Å². The number of thioether (sulfide) groups is 1. The summed E-state index contributed by atoms with van der Waals surface area (Å²) in [6.45, 7) is 0. The standard InChI is InChI=1S/C11H7F2N3OS2/c12-6-1-2-7(8(13)3-6)10-16(9(17)4-18-10)11-15-14-5-19-11/h1-3,5,10H,4H2/t10-/m1/s1. The van der Waals surface area contributed by atoms with E-state index in [2.05, 4.69) is 10.2 Å². The van der Waals surface area contributed by atoms with Crippen molar-refractivity contribution >= 4 is 34.1 Å². The first-order valence-corrected chi connectivity index (χ1v) is 7.24. The van der Waals surface area contributed by atoms with Gasteiger partial charge in [-0.2, -0.15) is 0 Å². The first-order valence-electron chi connectivity index (χ1n) is 5.31. The Hall–Kier alpha value is -1.54. The van der Waals surface area contributed by atoms with Crippen molar-refractivity contribution in [3.05, 3.63) is 40.9 Å². The maximum absolute atomic E-state index is 13.8. The second-order valence-corrected chi connectivity index (χ2v) is 5.69. The molecule has 1 fully saturated rings. The summed E-state index contributed by atoms with van der Waals surface area (Å²) in [5.41, 5.74) is 1.77. The molecule has 3 rings (SSSR count).